The van der Waals surface area contributed by atoms with Gasteiger partial charge in [0.25, 0.3) is 0 Å². The Morgan fingerprint density at radius 3 is 2.39 bits per heavy atom. The molecule has 3 fully saturated rings. The number of ether oxygens (including phenoxy) is 1. The van der Waals surface area contributed by atoms with Crippen molar-refractivity contribution in [1.29, 1.82) is 0 Å². The Labute approximate surface area is 201 Å². The highest BCUT2D eigenvalue weighted by molar-refractivity contribution is 5.78. The van der Waals surface area contributed by atoms with Gasteiger partial charge >= 0.3 is 5.97 Å². The van der Waals surface area contributed by atoms with Crippen molar-refractivity contribution < 1.29 is 14.3 Å². The van der Waals surface area contributed by atoms with Gasteiger partial charge in [-0.2, -0.15) is 0 Å². The second-order valence-electron chi connectivity index (χ2n) is 12.9. The van der Waals surface area contributed by atoms with Crippen molar-refractivity contribution in [1.82, 2.24) is 4.90 Å². The van der Waals surface area contributed by atoms with Crippen LogP contribution in [0.5, 0.6) is 0 Å². The SMILES string of the molecule is CC(=O)O[C@H]1CC[C@@]2(C)[C@@H](CC=C3[C@@H]2CC[C@]2(C)[C@@H]([C@H](C)C(=O)N(C)CC(C)C)CC[C@@H]32)C1. The molecule has 8 atom stereocenters. The Morgan fingerprint density at radius 1 is 1.06 bits per heavy atom. The van der Waals surface area contributed by atoms with Crippen molar-refractivity contribution in [3.63, 3.8) is 0 Å². The molecule has 0 aliphatic heterocycles. The van der Waals surface area contributed by atoms with Crippen LogP contribution >= 0.6 is 0 Å². The van der Waals surface area contributed by atoms with Gasteiger partial charge in [0.2, 0.25) is 5.91 Å². The molecule has 4 rings (SSSR count). The van der Waals surface area contributed by atoms with Gasteiger partial charge in [0, 0.05) is 26.4 Å². The van der Waals surface area contributed by atoms with Crippen LogP contribution in [0.25, 0.3) is 0 Å². The summed E-state index contributed by atoms with van der Waals surface area (Å²) in [5, 5.41) is 0. The van der Waals surface area contributed by atoms with E-state index in [0.29, 0.717) is 40.9 Å². The summed E-state index contributed by atoms with van der Waals surface area (Å²) >= 11 is 0. The van der Waals surface area contributed by atoms with Crippen LogP contribution in [-0.4, -0.2) is 36.5 Å². The van der Waals surface area contributed by atoms with Crippen LogP contribution in [-0.2, 0) is 14.3 Å². The predicted octanol–water partition coefficient (Wildman–Crippen LogP) is 6.25. The van der Waals surface area contributed by atoms with Crippen molar-refractivity contribution in [2.45, 2.75) is 99.0 Å². The largest absolute Gasteiger partial charge is 0.463 e. The van der Waals surface area contributed by atoms with E-state index >= 15 is 0 Å². The van der Waals surface area contributed by atoms with Crippen LogP contribution in [0.1, 0.15) is 92.9 Å². The molecular weight excluding hydrogens is 410 g/mol. The average molecular weight is 458 g/mol. The fourth-order valence-corrected chi connectivity index (χ4v) is 8.83. The molecule has 1 amide bonds. The van der Waals surface area contributed by atoms with Crippen molar-refractivity contribution >= 4 is 11.9 Å². The van der Waals surface area contributed by atoms with Crippen LogP contribution in [0.15, 0.2) is 11.6 Å². The number of esters is 1. The van der Waals surface area contributed by atoms with Gasteiger partial charge in [-0.25, -0.2) is 0 Å². The first-order valence-corrected chi connectivity index (χ1v) is 13.6. The summed E-state index contributed by atoms with van der Waals surface area (Å²) in [6.45, 7) is 14.0. The van der Waals surface area contributed by atoms with Gasteiger partial charge in [-0.1, -0.05) is 46.3 Å². The second-order valence-corrected chi connectivity index (χ2v) is 12.9. The molecule has 0 radical (unpaired) electrons. The molecule has 0 bridgehead atoms. The quantitative estimate of drug-likeness (QED) is 0.362. The van der Waals surface area contributed by atoms with E-state index in [1.807, 2.05) is 11.9 Å². The topological polar surface area (TPSA) is 46.6 Å². The summed E-state index contributed by atoms with van der Waals surface area (Å²) in [6, 6.07) is 0. The number of carbonyl (C=O) groups excluding carboxylic acids is 2. The van der Waals surface area contributed by atoms with Gasteiger partial charge in [-0.05, 0) is 91.8 Å². The zero-order valence-corrected chi connectivity index (χ0v) is 22.2. The molecule has 0 heterocycles. The van der Waals surface area contributed by atoms with E-state index in [9.17, 15) is 9.59 Å². The minimum Gasteiger partial charge on any atom is -0.463 e. The van der Waals surface area contributed by atoms with Crippen molar-refractivity contribution in [2.75, 3.05) is 13.6 Å². The van der Waals surface area contributed by atoms with E-state index in [-0.39, 0.29) is 23.4 Å². The maximum absolute atomic E-state index is 13.3. The van der Waals surface area contributed by atoms with Gasteiger partial charge in [0.15, 0.2) is 0 Å². The Hall–Kier alpha value is -1.32. The van der Waals surface area contributed by atoms with E-state index < -0.39 is 0 Å². The molecule has 0 spiro atoms. The Kier molecular flexibility index (Phi) is 6.79. The minimum absolute atomic E-state index is 0.104. The third-order valence-corrected chi connectivity index (χ3v) is 10.4. The lowest BCUT2D eigenvalue weighted by Crippen LogP contribution is -2.50. The lowest BCUT2D eigenvalue weighted by Gasteiger charge is -2.58. The summed E-state index contributed by atoms with van der Waals surface area (Å²) in [5.41, 5.74) is 2.30. The van der Waals surface area contributed by atoms with Gasteiger partial charge in [0.1, 0.15) is 6.10 Å². The molecule has 0 aromatic carbocycles. The molecule has 0 aromatic rings. The molecule has 0 N–H and O–H groups in total. The van der Waals surface area contributed by atoms with Gasteiger partial charge in [-0.15, -0.1) is 0 Å². The molecule has 4 heteroatoms. The number of allylic oxidation sites excluding steroid dienone is 2. The number of amides is 1. The Bertz CT molecular complexity index is 803. The molecule has 3 saturated carbocycles. The first-order chi connectivity index (χ1) is 15.5. The molecule has 0 saturated heterocycles. The normalized spacial score (nSPS) is 40.8. The third kappa shape index (κ3) is 4.29. The molecule has 4 aliphatic rings. The van der Waals surface area contributed by atoms with Crippen LogP contribution in [0.2, 0.25) is 0 Å². The van der Waals surface area contributed by atoms with Crippen LogP contribution in [0.4, 0.5) is 0 Å². The molecule has 4 nitrogen and oxygen atoms in total. The molecule has 33 heavy (non-hydrogen) atoms. The highest BCUT2D eigenvalue weighted by Crippen LogP contribution is 2.66. The van der Waals surface area contributed by atoms with Gasteiger partial charge in [0.05, 0.1) is 0 Å². The summed E-state index contributed by atoms with van der Waals surface area (Å²) in [7, 11) is 1.99. The fourth-order valence-electron chi connectivity index (χ4n) is 8.83. The van der Waals surface area contributed by atoms with E-state index in [2.05, 4.69) is 40.7 Å². The maximum Gasteiger partial charge on any atom is 0.302 e. The monoisotopic (exact) mass is 457 g/mol. The van der Waals surface area contributed by atoms with E-state index in [1.165, 1.54) is 39.0 Å². The maximum atomic E-state index is 13.3. The number of rotatable bonds is 5. The van der Waals surface area contributed by atoms with Crippen molar-refractivity contribution in [3.8, 4) is 0 Å². The summed E-state index contributed by atoms with van der Waals surface area (Å²) in [5.74, 6) is 3.22. The van der Waals surface area contributed by atoms with Crippen molar-refractivity contribution in [3.05, 3.63) is 11.6 Å². The Balaban J connectivity index is 1.51. The standard InChI is InChI=1S/C29H47NO3/c1-18(2)17-30(7)27(32)19(3)24-10-11-25-23-9-8-21-16-22(33-20(4)31)12-14-28(21,5)26(23)13-15-29(24,25)6/h9,18-19,21-22,24-26H,8,10-17H2,1-7H3/t19-,21-,22-,24+,25-,26-,28-,29+/m0/s1. The van der Waals surface area contributed by atoms with Gasteiger partial charge in [-0.3, -0.25) is 9.59 Å². The number of fused-ring (bicyclic) bond motifs is 5. The molecule has 186 valence electrons. The first kappa shape index (κ1) is 24.8. The first-order valence-electron chi connectivity index (χ1n) is 13.6. The summed E-state index contributed by atoms with van der Waals surface area (Å²) < 4.78 is 5.62. The van der Waals surface area contributed by atoms with E-state index in [1.54, 1.807) is 5.57 Å². The highest BCUT2D eigenvalue weighted by Gasteiger charge is 2.59. The molecule has 0 aromatic heterocycles. The van der Waals surface area contributed by atoms with E-state index in [0.717, 1.165) is 25.8 Å². The number of carbonyl (C=O) groups is 2. The minimum atomic E-state index is -0.135. The smallest absolute Gasteiger partial charge is 0.302 e. The van der Waals surface area contributed by atoms with Gasteiger partial charge < -0.3 is 9.64 Å². The molecule has 4 aliphatic carbocycles. The van der Waals surface area contributed by atoms with Crippen molar-refractivity contribution in [2.24, 2.45) is 46.3 Å². The molecule has 0 unspecified atom stereocenters. The fraction of sp³-hybridized carbons (Fsp3) is 0.862. The highest BCUT2D eigenvalue weighted by atomic mass is 16.5. The zero-order chi connectivity index (χ0) is 24.1. The third-order valence-electron chi connectivity index (χ3n) is 10.4. The summed E-state index contributed by atoms with van der Waals surface area (Å²) in [4.78, 5) is 26.8. The predicted molar refractivity (Wildman–Crippen MR) is 132 cm³/mol. The molecular formula is C29H47NO3. The lowest BCUT2D eigenvalue weighted by molar-refractivity contribution is -0.152. The number of nitrogens with zero attached hydrogens (tertiary/aromatic N) is 1. The zero-order valence-electron chi connectivity index (χ0n) is 22.2. The van der Waals surface area contributed by atoms with E-state index in [4.69, 9.17) is 4.74 Å². The van der Waals surface area contributed by atoms with Crippen LogP contribution in [0.3, 0.4) is 0 Å². The second kappa shape index (κ2) is 9.04. The van der Waals surface area contributed by atoms with Crippen LogP contribution < -0.4 is 0 Å². The number of hydrogen-bond acceptors (Lipinski definition) is 3. The number of hydrogen-bond donors (Lipinski definition) is 0. The summed E-state index contributed by atoms with van der Waals surface area (Å²) in [6.07, 6.45) is 11.9. The van der Waals surface area contributed by atoms with Crippen LogP contribution in [0, 0.1) is 46.3 Å². The average Bonchev–Trinajstić information content (AvgIpc) is 3.09. The lowest BCUT2D eigenvalue weighted by atomic mass is 9.47. The Morgan fingerprint density at radius 2 is 1.73 bits per heavy atom.